The summed E-state index contributed by atoms with van der Waals surface area (Å²) in [5, 5.41) is 22.4. The molecule has 2 amide bonds. The zero-order valence-corrected chi connectivity index (χ0v) is 19.2. The van der Waals surface area contributed by atoms with Crippen molar-refractivity contribution >= 4 is 18.0 Å². The molecular formula is C26H28N2O7. The number of carbonyl (C=O) groups is 3. The Morgan fingerprint density at radius 1 is 1.09 bits per heavy atom. The van der Waals surface area contributed by atoms with Crippen molar-refractivity contribution in [2.24, 2.45) is 0 Å². The van der Waals surface area contributed by atoms with Gasteiger partial charge in [0.1, 0.15) is 6.61 Å². The first-order chi connectivity index (χ1) is 16.9. The van der Waals surface area contributed by atoms with Gasteiger partial charge in [-0.15, -0.1) is 0 Å². The highest BCUT2D eigenvalue weighted by atomic mass is 16.6. The van der Waals surface area contributed by atoms with Gasteiger partial charge >= 0.3 is 12.1 Å². The number of hydrogen-bond donors (Lipinski definition) is 3. The number of fused-ring (bicyclic) bond motifs is 3. The first-order valence-electron chi connectivity index (χ1n) is 11.8. The van der Waals surface area contributed by atoms with Gasteiger partial charge in [-0.1, -0.05) is 48.5 Å². The minimum Gasteiger partial charge on any atom is -0.479 e. The number of nitrogens with zero attached hydrogens (tertiary/aromatic N) is 1. The van der Waals surface area contributed by atoms with Gasteiger partial charge in [-0.2, -0.15) is 0 Å². The van der Waals surface area contributed by atoms with Gasteiger partial charge in [-0.25, -0.2) is 9.59 Å². The second kappa shape index (κ2) is 9.31. The van der Waals surface area contributed by atoms with Crippen LogP contribution in [0.1, 0.15) is 36.3 Å². The number of β-amino-alcohol motifs (C(OH)–C–C–N with tert-alkyl or cyclic N) is 1. The van der Waals surface area contributed by atoms with Crippen molar-refractivity contribution in [3.8, 4) is 11.1 Å². The molecule has 1 aliphatic carbocycles. The van der Waals surface area contributed by atoms with Crippen LogP contribution in [-0.4, -0.2) is 77.1 Å². The first kappa shape index (κ1) is 23.3. The molecule has 3 unspecified atom stereocenters. The third-order valence-corrected chi connectivity index (χ3v) is 7.16. The Morgan fingerprint density at radius 2 is 1.74 bits per heavy atom. The Hall–Kier alpha value is -3.43. The van der Waals surface area contributed by atoms with Crippen LogP contribution >= 0.6 is 0 Å². The molecule has 3 aliphatic rings. The van der Waals surface area contributed by atoms with E-state index in [-0.39, 0.29) is 32.1 Å². The molecule has 0 spiro atoms. The van der Waals surface area contributed by atoms with Crippen LogP contribution in [0, 0.1) is 0 Å². The Balaban J connectivity index is 1.21. The zero-order chi connectivity index (χ0) is 24.6. The summed E-state index contributed by atoms with van der Waals surface area (Å²) >= 11 is 0. The number of likely N-dealkylation sites (tertiary alicyclic amines) is 1. The molecule has 9 nitrogen and oxygen atoms in total. The smallest absolute Gasteiger partial charge is 0.407 e. The fraction of sp³-hybridized carbons (Fsp3) is 0.423. The molecule has 2 saturated heterocycles. The van der Waals surface area contributed by atoms with Gasteiger partial charge in [-0.05, 0) is 41.5 Å². The fourth-order valence-corrected chi connectivity index (χ4v) is 5.35. The van der Waals surface area contributed by atoms with E-state index in [0.29, 0.717) is 19.4 Å². The number of alkyl carbamates (subject to hydrolysis) is 1. The van der Waals surface area contributed by atoms with Crippen molar-refractivity contribution in [3.05, 3.63) is 59.7 Å². The Kier molecular flexibility index (Phi) is 6.21. The number of ether oxygens (including phenoxy) is 2. The molecule has 0 aromatic heterocycles. The molecule has 0 radical (unpaired) electrons. The number of hydrogen-bond acceptors (Lipinski definition) is 6. The number of carboxylic acid groups (broad SMARTS) is 1. The molecule has 35 heavy (non-hydrogen) atoms. The molecule has 5 rings (SSSR count). The third-order valence-electron chi connectivity index (χ3n) is 7.16. The molecule has 9 heteroatoms. The highest BCUT2D eigenvalue weighted by molar-refractivity contribution is 5.85. The number of aliphatic hydroxyl groups is 1. The van der Waals surface area contributed by atoms with E-state index in [1.54, 1.807) is 0 Å². The number of benzene rings is 2. The Labute approximate surface area is 202 Å². The van der Waals surface area contributed by atoms with Crippen molar-refractivity contribution in [1.29, 1.82) is 0 Å². The summed E-state index contributed by atoms with van der Waals surface area (Å²) in [5.41, 5.74) is 2.51. The number of nitrogens with one attached hydrogen (secondary N) is 1. The minimum absolute atomic E-state index is 0.0764. The predicted molar refractivity (Wildman–Crippen MR) is 125 cm³/mol. The largest absolute Gasteiger partial charge is 0.479 e. The highest BCUT2D eigenvalue weighted by Crippen LogP contribution is 2.44. The van der Waals surface area contributed by atoms with E-state index in [9.17, 15) is 24.6 Å². The minimum atomic E-state index is -1.97. The van der Waals surface area contributed by atoms with Crippen molar-refractivity contribution in [3.63, 3.8) is 0 Å². The zero-order valence-electron chi connectivity index (χ0n) is 19.2. The number of carboxylic acids is 1. The summed E-state index contributed by atoms with van der Waals surface area (Å²) in [5.74, 6) is -1.87. The summed E-state index contributed by atoms with van der Waals surface area (Å²) in [6.45, 7) is 0.455. The predicted octanol–water partition coefficient (Wildman–Crippen LogP) is 2.12. The molecule has 3 N–H and O–H groups in total. The SMILES string of the molecule is O=C(NC1CCOC1C(=O)N1CCCC(O)(C(=O)O)C1)OCC1c2ccccc2-c2ccccc21. The second-order valence-electron chi connectivity index (χ2n) is 9.36. The molecule has 184 valence electrons. The molecule has 2 aliphatic heterocycles. The molecule has 2 heterocycles. The fourth-order valence-electron chi connectivity index (χ4n) is 5.35. The van der Waals surface area contributed by atoms with E-state index < -0.39 is 35.7 Å². The van der Waals surface area contributed by atoms with Crippen molar-refractivity contribution in [2.45, 2.75) is 42.9 Å². The Bertz CT molecular complexity index is 1110. The number of carbonyl (C=O) groups excluding carboxylic acids is 2. The lowest BCUT2D eigenvalue weighted by Gasteiger charge is -2.37. The van der Waals surface area contributed by atoms with Gasteiger partial charge in [0, 0.05) is 19.1 Å². The van der Waals surface area contributed by atoms with E-state index in [2.05, 4.69) is 17.4 Å². The summed E-state index contributed by atoms with van der Waals surface area (Å²) in [7, 11) is 0. The monoisotopic (exact) mass is 480 g/mol. The van der Waals surface area contributed by atoms with E-state index in [0.717, 1.165) is 22.3 Å². The lowest BCUT2D eigenvalue weighted by Crippen LogP contribution is -2.58. The van der Waals surface area contributed by atoms with Gasteiger partial charge in [0.25, 0.3) is 5.91 Å². The van der Waals surface area contributed by atoms with Crippen LogP contribution in [0.15, 0.2) is 48.5 Å². The Morgan fingerprint density at radius 3 is 2.40 bits per heavy atom. The van der Waals surface area contributed by atoms with Crippen molar-refractivity contribution in [2.75, 3.05) is 26.3 Å². The van der Waals surface area contributed by atoms with E-state index in [1.165, 1.54) is 4.90 Å². The van der Waals surface area contributed by atoms with E-state index in [1.807, 2.05) is 36.4 Å². The van der Waals surface area contributed by atoms with Crippen molar-refractivity contribution < 1.29 is 34.1 Å². The molecule has 3 atom stereocenters. The average Bonchev–Trinajstić information content (AvgIpc) is 3.44. The number of piperidine rings is 1. The summed E-state index contributed by atoms with van der Waals surface area (Å²) < 4.78 is 11.2. The first-order valence-corrected chi connectivity index (χ1v) is 11.8. The quantitative estimate of drug-likeness (QED) is 0.599. The lowest BCUT2D eigenvalue weighted by atomic mass is 9.92. The molecule has 0 saturated carbocycles. The topological polar surface area (TPSA) is 125 Å². The number of rotatable bonds is 5. The molecule has 2 aromatic carbocycles. The van der Waals surface area contributed by atoms with Gasteiger partial charge in [0.2, 0.25) is 0 Å². The van der Waals surface area contributed by atoms with E-state index >= 15 is 0 Å². The standard InChI is InChI=1S/C26H28N2O7/c29-23(28-12-5-11-26(33,15-28)24(30)31)22-21(10-13-34-22)27-25(32)35-14-20-18-8-3-1-6-16(18)17-7-2-4-9-19(17)20/h1-4,6-9,20-22,33H,5,10-15H2,(H,27,32)(H,30,31). The maximum absolute atomic E-state index is 13.0. The van der Waals surface area contributed by atoms with E-state index in [4.69, 9.17) is 9.47 Å². The highest BCUT2D eigenvalue weighted by Gasteiger charge is 2.45. The maximum Gasteiger partial charge on any atom is 0.407 e. The summed E-state index contributed by atoms with van der Waals surface area (Å²) in [4.78, 5) is 38.5. The van der Waals surface area contributed by atoms with Crippen LogP contribution in [-0.2, 0) is 19.1 Å². The maximum atomic E-state index is 13.0. The molecule has 2 aromatic rings. The van der Waals surface area contributed by atoms with Gasteiger partial charge in [0.15, 0.2) is 11.7 Å². The van der Waals surface area contributed by atoms with Crippen LogP contribution in [0.5, 0.6) is 0 Å². The molecule has 0 bridgehead atoms. The number of aliphatic carboxylic acids is 1. The number of amides is 2. The lowest BCUT2D eigenvalue weighted by molar-refractivity contribution is -0.168. The molecular weight excluding hydrogens is 452 g/mol. The van der Waals surface area contributed by atoms with Gasteiger partial charge in [-0.3, -0.25) is 4.79 Å². The van der Waals surface area contributed by atoms with Crippen LogP contribution in [0.25, 0.3) is 11.1 Å². The summed E-state index contributed by atoms with van der Waals surface area (Å²) in [6, 6.07) is 15.5. The van der Waals surface area contributed by atoms with Gasteiger partial charge in [0.05, 0.1) is 12.6 Å². The normalized spacial score (nSPS) is 25.6. The molecule has 2 fully saturated rings. The van der Waals surface area contributed by atoms with Crippen LogP contribution in [0.3, 0.4) is 0 Å². The van der Waals surface area contributed by atoms with Crippen molar-refractivity contribution in [1.82, 2.24) is 10.2 Å². The van der Waals surface area contributed by atoms with Crippen LogP contribution in [0.4, 0.5) is 4.79 Å². The second-order valence-corrected chi connectivity index (χ2v) is 9.36. The average molecular weight is 481 g/mol. The van der Waals surface area contributed by atoms with Crippen LogP contribution < -0.4 is 5.32 Å². The van der Waals surface area contributed by atoms with Crippen LogP contribution in [0.2, 0.25) is 0 Å². The third kappa shape index (κ3) is 4.37. The summed E-state index contributed by atoms with van der Waals surface area (Å²) in [6.07, 6.45) is -0.713. The van der Waals surface area contributed by atoms with Gasteiger partial charge < -0.3 is 29.9 Å².